The molecule has 86 valence electrons. The summed E-state index contributed by atoms with van der Waals surface area (Å²) in [6.07, 6.45) is 11.3. The van der Waals surface area contributed by atoms with Crippen molar-refractivity contribution in [1.29, 1.82) is 0 Å². The molecule has 16 heavy (non-hydrogen) atoms. The van der Waals surface area contributed by atoms with Gasteiger partial charge in [0.2, 0.25) is 5.88 Å². The fourth-order valence-electron chi connectivity index (χ4n) is 1.22. The quantitative estimate of drug-likeness (QED) is 0.563. The van der Waals surface area contributed by atoms with Gasteiger partial charge in [-0.05, 0) is 19.8 Å². The van der Waals surface area contributed by atoms with Gasteiger partial charge in [-0.1, -0.05) is 0 Å². The van der Waals surface area contributed by atoms with Crippen LogP contribution in [0, 0.1) is 12.3 Å². The lowest BCUT2D eigenvalue weighted by Gasteiger charge is -2.06. The van der Waals surface area contributed by atoms with E-state index in [-0.39, 0.29) is 0 Å². The summed E-state index contributed by atoms with van der Waals surface area (Å²) >= 11 is 0. The Labute approximate surface area is 96.5 Å². The minimum absolute atomic E-state index is 0.552. The third-order valence-electron chi connectivity index (χ3n) is 1.96. The number of rotatable bonds is 7. The molecule has 0 aliphatic heterocycles. The molecule has 0 saturated heterocycles. The summed E-state index contributed by atoms with van der Waals surface area (Å²) < 4.78 is 5.25. The van der Waals surface area contributed by atoms with Crippen molar-refractivity contribution in [2.24, 2.45) is 0 Å². The van der Waals surface area contributed by atoms with E-state index in [0.717, 1.165) is 31.6 Å². The third kappa shape index (κ3) is 4.65. The van der Waals surface area contributed by atoms with E-state index in [9.17, 15) is 0 Å². The van der Waals surface area contributed by atoms with E-state index in [1.54, 1.807) is 12.4 Å². The second kappa shape index (κ2) is 7.52. The van der Waals surface area contributed by atoms with Crippen LogP contribution in [0.25, 0.3) is 0 Å². The van der Waals surface area contributed by atoms with E-state index < -0.39 is 0 Å². The average Bonchev–Trinajstić information content (AvgIpc) is 2.30. The first kappa shape index (κ1) is 12.3. The lowest BCUT2D eigenvalue weighted by Crippen LogP contribution is -2.05. The third-order valence-corrected chi connectivity index (χ3v) is 1.96. The molecule has 0 saturated carbocycles. The number of anilines is 1. The van der Waals surface area contributed by atoms with Crippen molar-refractivity contribution >= 4 is 5.82 Å². The number of nitrogens with zero attached hydrogens (tertiary/aromatic N) is 2. The number of unbranched alkanes of at least 4 members (excludes halogenated alkanes) is 2. The van der Waals surface area contributed by atoms with Crippen LogP contribution in [0.3, 0.4) is 0 Å². The minimum atomic E-state index is 0.552. The average molecular weight is 219 g/mol. The van der Waals surface area contributed by atoms with Gasteiger partial charge in [0.05, 0.1) is 19.0 Å². The molecule has 0 aliphatic rings. The van der Waals surface area contributed by atoms with Gasteiger partial charge in [0.1, 0.15) is 5.82 Å². The summed E-state index contributed by atoms with van der Waals surface area (Å²) in [6, 6.07) is 0. The standard InChI is InChI=1S/C12H17N3O/c1-3-5-6-7-8-14-11-9-13-10-12(15-11)16-4-2/h1,9-10H,4-8H2,2H3,(H,14,15). The number of nitrogens with one attached hydrogen (secondary N) is 1. The Kier molecular flexibility index (Phi) is 5.79. The Morgan fingerprint density at radius 3 is 3.06 bits per heavy atom. The molecule has 0 amide bonds. The summed E-state index contributed by atoms with van der Waals surface area (Å²) in [4.78, 5) is 8.28. The monoisotopic (exact) mass is 219 g/mol. The number of ether oxygens (including phenoxy) is 1. The Hall–Kier alpha value is -1.76. The van der Waals surface area contributed by atoms with Crippen LogP contribution in [0.15, 0.2) is 12.4 Å². The Morgan fingerprint density at radius 2 is 2.31 bits per heavy atom. The SMILES string of the molecule is C#CCCCCNc1cncc(OCC)n1. The van der Waals surface area contributed by atoms with Crippen molar-refractivity contribution in [3.05, 3.63) is 12.4 Å². The molecule has 4 nitrogen and oxygen atoms in total. The predicted octanol–water partition coefficient (Wildman–Crippen LogP) is 2.09. The van der Waals surface area contributed by atoms with Crippen molar-refractivity contribution in [3.8, 4) is 18.2 Å². The number of hydrogen-bond acceptors (Lipinski definition) is 4. The molecule has 0 radical (unpaired) electrons. The lowest BCUT2D eigenvalue weighted by molar-refractivity contribution is 0.325. The first-order valence-corrected chi connectivity index (χ1v) is 5.49. The van der Waals surface area contributed by atoms with E-state index in [0.29, 0.717) is 12.5 Å². The molecule has 1 aromatic rings. The second-order valence-electron chi connectivity index (χ2n) is 3.26. The van der Waals surface area contributed by atoms with Crippen molar-refractivity contribution in [3.63, 3.8) is 0 Å². The molecule has 1 heterocycles. The molecule has 0 aromatic carbocycles. The maximum atomic E-state index is 5.25. The molecule has 0 aliphatic carbocycles. The van der Waals surface area contributed by atoms with Crippen molar-refractivity contribution < 1.29 is 4.74 Å². The van der Waals surface area contributed by atoms with E-state index in [1.165, 1.54) is 0 Å². The van der Waals surface area contributed by atoms with Gasteiger partial charge < -0.3 is 10.1 Å². The van der Waals surface area contributed by atoms with E-state index in [2.05, 4.69) is 21.2 Å². The number of hydrogen-bond donors (Lipinski definition) is 1. The van der Waals surface area contributed by atoms with Crippen molar-refractivity contribution in [2.75, 3.05) is 18.5 Å². The first-order valence-electron chi connectivity index (χ1n) is 5.49. The highest BCUT2D eigenvalue weighted by Gasteiger charge is 1.97. The molecule has 0 atom stereocenters. The van der Waals surface area contributed by atoms with Crippen LogP contribution in [0.4, 0.5) is 5.82 Å². The maximum absolute atomic E-state index is 5.25. The van der Waals surface area contributed by atoms with Crippen LogP contribution >= 0.6 is 0 Å². The van der Waals surface area contributed by atoms with Gasteiger partial charge in [-0.3, -0.25) is 4.98 Å². The molecule has 1 N–H and O–H groups in total. The van der Waals surface area contributed by atoms with E-state index in [4.69, 9.17) is 11.2 Å². The van der Waals surface area contributed by atoms with Crippen LogP contribution in [-0.4, -0.2) is 23.1 Å². The zero-order chi connectivity index (χ0) is 11.6. The van der Waals surface area contributed by atoms with E-state index in [1.807, 2.05) is 6.92 Å². The predicted molar refractivity (Wildman–Crippen MR) is 64.4 cm³/mol. The summed E-state index contributed by atoms with van der Waals surface area (Å²) in [5.74, 6) is 3.91. The van der Waals surface area contributed by atoms with Crippen LogP contribution in [0.2, 0.25) is 0 Å². The molecular weight excluding hydrogens is 202 g/mol. The fourth-order valence-corrected chi connectivity index (χ4v) is 1.22. The highest BCUT2D eigenvalue weighted by Crippen LogP contribution is 2.08. The normalized spacial score (nSPS) is 9.50. The zero-order valence-electron chi connectivity index (χ0n) is 9.57. The van der Waals surface area contributed by atoms with Gasteiger partial charge in [0, 0.05) is 13.0 Å². The van der Waals surface area contributed by atoms with Crippen LogP contribution in [-0.2, 0) is 0 Å². The first-order chi connectivity index (χ1) is 7.86. The topological polar surface area (TPSA) is 47.0 Å². The van der Waals surface area contributed by atoms with Crippen LogP contribution in [0.5, 0.6) is 5.88 Å². The fraction of sp³-hybridized carbons (Fsp3) is 0.500. The maximum Gasteiger partial charge on any atom is 0.234 e. The second-order valence-corrected chi connectivity index (χ2v) is 3.26. The van der Waals surface area contributed by atoms with Crippen molar-refractivity contribution in [2.45, 2.75) is 26.2 Å². The molecule has 0 bridgehead atoms. The Morgan fingerprint density at radius 1 is 1.44 bits per heavy atom. The molecule has 1 aromatic heterocycles. The summed E-state index contributed by atoms with van der Waals surface area (Å²) in [5, 5.41) is 3.18. The molecule has 0 unspecified atom stereocenters. The lowest BCUT2D eigenvalue weighted by atomic mass is 10.2. The van der Waals surface area contributed by atoms with E-state index >= 15 is 0 Å². The molecule has 0 spiro atoms. The summed E-state index contributed by atoms with van der Waals surface area (Å²) in [5.41, 5.74) is 0. The number of terminal acetylenes is 1. The highest BCUT2D eigenvalue weighted by molar-refractivity contribution is 5.32. The summed E-state index contributed by atoms with van der Waals surface area (Å²) in [6.45, 7) is 3.37. The van der Waals surface area contributed by atoms with Crippen LogP contribution < -0.4 is 10.1 Å². The van der Waals surface area contributed by atoms with Gasteiger partial charge in [0.15, 0.2) is 0 Å². The minimum Gasteiger partial charge on any atom is -0.477 e. The molecular formula is C12H17N3O. The Bertz CT molecular complexity index is 346. The van der Waals surface area contributed by atoms with Gasteiger partial charge in [-0.15, -0.1) is 12.3 Å². The largest absolute Gasteiger partial charge is 0.477 e. The molecule has 1 rings (SSSR count). The van der Waals surface area contributed by atoms with Crippen LogP contribution in [0.1, 0.15) is 26.2 Å². The van der Waals surface area contributed by atoms with Gasteiger partial charge in [-0.25, -0.2) is 0 Å². The van der Waals surface area contributed by atoms with Gasteiger partial charge >= 0.3 is 0 Å². The number of aromatic nitrogens is 2. The zero-order valence-corrected chi connectivity index (χ0v) is 9.57. The van der Waals surface area contributed by atoms with Crippen molar-refractivity contribution in [1.82, 2.24) is 9.97 Å². The Balaban J connectivity index is 2.30. The summed E-state index contributed by atoms with van der Waals surface area (Å²) in [7, 11) is 0. The van der Waals surface area contributed by atoms with Gasteiger partial charge in [0.25, 0.3) is 0 Å². The highest BCUT2D eigenvalue weighted by atomic mass is 16.5. The van der Waals surface area contributed by atoms with Gasteiger partial charge in [-0.2, -0.15) is 4.98 Å². The smallest absolute Gasteiger partial charge is 0.234 e. The molecule has 0 fully saturated rings. The molecule has 4 heteroatoms.